The number of primary sulfonamides is 1. The molecule has 0 radical (unpaired) electrons. The third-order valence-electron chi connectivity index (χ3n) is 2.97. The van der Waals surface area contributed by atoms with Crippen molar-refractivity contribution < 1.29 is 21.6 Å². The molecule has 3 N–H and O–H groups in total. The van der Waals surface area contributed by atoms with Crippen LogP contribution in [0.25, 0.3) is 0 Å². The van der Waals surface area contributed by atoms with E-state index in [4.69, 9.17) is 5.14 Å². The van der Waals surface area contributed by atoms with Crippen molar-refractivity contribution in [3.8, 4) is 0 Å². The number of sulfone groups is 1. The van der Waals surface area contributed by atoms with Gasteiger partial charge in [-0.2, -0.15) is 0 Å². The highest BCUT2D eigenvalue weighted by Crippen LogP contribution is 2.26. The van der Waals surface area contributed by atoms with Gasteiger partial charge >= 0.3 is 0 Å². The lowest BCUT2D eigenvalue weighted by Gasteiger charge is -2.21. The van der Waals surface area contributed by atoms with Crippen LogP contribution in [0.15, 0.2) is 27.6 Å². The molecule has 7 nitrogen and oxygen atoms in total. The molecule has 1 aromatic carbocycles. The minimum atomic E-state index is -3.89. The van der Waals surface area contributed by atoms with Crippen molar-refractivity contribution in [1.82, 2.24) is 0 Å². The molecule has 0 aliphatic heterocycles. The maximum Gasteiger partial charge on any atom is 0.245 e. The minimum Gasteiger partial charge on any atom is -0.325 e. The Labute approximate surface area is 132 Å². The fraction of sp³-hybridized carbons (Fsp3) is 0.364. The van der Waals surface area contributed by atoms with E-state index in [9.17, 15) is 21.6 Å². The number of hydrogen-bond acceptors (Lipinski definition) is 5. The molecule has 0 saturated carbocycles. The van der Waals surface area contributed by atoms with Gasteiger partial charge in [0.05, 0.1) is 4.90 Å². The molecule has 0 aromatic heterocycles. The molecule has 1 rings (SSSR count). The van der Waals surface area contributed by atoms with E-state index in [0.717, 1.165) is 6.26 Å². The number of carbonyl (C=O) groups excluding carboxylic acids is 1. The smallest absolute Gasteiger partial charge is 0.245 e. The first-order chi connectivity index (χ1) is 9.26. The molecule has 0 heterocycles. The van der Waals surface area contributed by atoms with Crippen LogP contribution in [0.5, 0.6) is 0 Å². The van der Waals surface area contributed by atoms with E-state index in [-0.39, 0.29) is 15.1 Å². The lowest BCUT2D eigenvalue weighted by atomic mass is 10.2. The van der Waals surface area contributed by atoms with Crippen molar-refractivity contribution in [2.45, 2.75) is 23.5 Å². The Kier molecular flexibility index (Phi) is 4.88. The van der Waals surface area contributed by atoms with Crippen LogP contribution in [0.1, 0.15) is 13.8 Å². The van der Waals surface area contributed by atoms with Crippen LogP contribution in [-0.4, -0.2) is 33.7 Å². The van der Waals surface area contributed by atoms with Gasteiger partial charge in [-0.15, -0.1) is 0 Å². The van der Waals surface area contributed by atoms with Crippen molar-refractivity contribution >= 4 is 47.4 Å². The number of halogens is 1. The zero-order chi connectivity index (χ0) is 16.6. The summed E-state index contributed by atoms with van der Waals surface area (Å²) in [5, 5.41) is 7.44. The summed E-state index contributed by atoms with van der Waals surface area (Å²) in [6, 6.07) is 3.86. The highest BCUT2D eigenvalue weighted by Gasteiger charge is 2.38. The molecule has 0 saturated heterocycles. The highest BCUT2D eigenvalue weighted by atomic mass is 79.9. The fourth-order valence-corrected chi connectivity index (χ4v) is 3.29. The normalized spacial score (nSPS) is 13.0. The van der Waals surface area contributed by atoms with Crippen molar-refractivity contribution in [3.05, 3.63) is 22.7 Å². The SMILES string of the molecule is CC(C)(C(=O)Nc1ccc(S(N)(=O)=O)c(Br)c1)S(C)(=O)=O. The number of benzene rings is 1. The molecular formula is C11H15BrN2O5S2. The van der Waals surface area contributed by atoms with E-state index in [1.807, 2.05) is 0 Å². The maximum atomic E-state index is 12.0. The van der Waals surface area contributed by atoms with Crippen LogP contribution < -0.4 is 10.5 Å². The fourth-order valence-electron chi connectivity index (χ4n) is 1.26. The van der Waals surface area contributed by atoms with Crippen LogP contribution in [0.2, 0.25) is 0 Å². The summed E-state index contributed by atoms with van der Waals surface area (Å²) in [5.41, 5.74) is 0.246. The second-order valence-electron chi connectivity index (χ2n) is 4.93. The number of carbonyl (C=O) groups is 1. The van der Waals surface area contributed by atoms with Crippen LogP contribution in [0, 0.1) is 0 Å². The largest absolute Gasteiger partial charge is 0.325 e. The molecule has 1 aromatic rings. The lowest BCUT2D eigenvalue weighted by molar-refractivity contribution is -0.117. The van der Waals surface area contributed by atoms with Gasteiger partial charge in [-0.25, -0.2) is 22.0 Å². The summed E-state index contributed by atoms with van der Waals surface area (Å²) in [4.78, 5) is 11.9. The molecule has 118 valence electrons. The second kappa shape index (κ2) is 5.67. The van der Waals surface area contributed by atoms with Crippen molar-refractivity contribution in [2.24, 2.45) is 5.14 Å². The van der Waals surface area contributed by atoms with Gasteiger partial charge in [0.2, 0.25) is 15.9 Å². The Bertz CT molecular complexity index is 785. The predicted molar refractivity (Wildman–Crippen MR) is 83.1 cm³/mol. The number of rotatable bonds is 4. The quantitative estimate of drug-likeness (QED) is 0.777. The first kappa shape index (κ1) is 18.1. The van der Waals surface area contributed by atoms with E-state index in [0.29, 0.717) is 0 Å². The molecule has 0 spiro atoms. The number of sulfonamides is 1. The van der Waals surface area contributed by atoms with Crippen molar-refractivity contribution in [3.63, 3.8) is 0 Å². The summed E-state index contributed by atoms with van der Waals surface area (Å²) in [7, 11) is -7.49. The number of hydrogen-bond donors (Lipinski definition) is 2. The maximum absolute atomic E-state index is 12.0. The number of nitrogens with one attached hydrogen (secondary N) is 1. The van der Waals surface area contributed by atoms with Crippen LogP contribution in [0.3, 0.4) is 0 Å². The first-order valence-electron chi connectivity index (χ1n) is 5.60. The van der Waals surface area contributed by atoms with Gasteiger partial charge in [-0.3, -0.25) is 4.79 Å². The zero-order valence-electron chi connectivity index (χ0n) is 11.5. The van der Waals surface area contributed by atoms with Crippen LogP contribution in [0.4, 0.5) is 5.69 Å². The summed E-state index contributed by atoms with van der Waals surface area (Å²) in [5.74, 6) is -0.722. The molecule has 0 aliphatic carbocycles. The monoisotopic (exact) mass is 398 g/mol. The summed E-state index contributed by atoms with van der Waals surface area (Å²) >= 11 is 3.03. The Hall–Kier alpha value is -0.970. The Balaban J connectivity index is 3.12. The van der Waals surface area contributed by atoms with E-state index in [1.165, 1.54) is 32.0 Å². The number of anilines is 1. The zero-order valence-corrected chi connectivity index (χ0v) is 14.8. The van der Waals surface area contributed by atoms with E-state index in [1.54, 1.807) is 0 Å². The van der Waals surface area contributed by atoms with Gasteiger partial charge in [0.1, 0.15) is 4.75 Å². The Morgan fingerprint density at radius 3 is 2.14 bits per heavy atom. The van der Waals surface area contributed by atoms with Gasteiger partial charge in [-0.1, -0.05) is 0 Å². The predicted octanol–water partition coefficient (Wildman–Crippen LogP) is 0.858. The average molecular weight is 399 g/mol. The molecule has 0 atom stereocenters. The molecule has 0 fully saturated rings. The molecule has 1 amide bonds. The lowest BCUT2D eigenvalue weighted by Crippen LogP contribution is -2.43. The summed E-state index contributed by atoms with van der Waals surface area (Å²) in [6.45, 7) is 2.57. The number of amides is 1. The Morgan fingerprint density at radius 1 is 1.24 bits per heavy atom. The molecule has 0 aliphatic rings. The van der Waals surface area contributed by atoms with E-state index >= 15 is 0 Å². The topological polar surface area (TPSA) is 123 Å². The average Bonchev–Trinajstić information content (AvgIpc) is 2.25. The van der Waals surface area contributed by atoms with Gasteiger partial charge in [0.25, 0.3) is 0 Å². The Morgan fingerprint density at radius 2 is 1.76 bits per heavy atom. The van der Waals surface area contributed by atoms with Gasteiger partial charge < -0.3 is 5.32 Å². The summed E-state index contributed by atoms with van der Waals surface area (Å²) in [6.07, 6.45) is 0.965. The molecule has 0 bridgehead atoms. The highest BCUT2D eigenvalue weighted by molar-refractivity contribution is 9.10. The molecule has 0 unspecified atom stereocenters. The summed E-state index contributed by atoms with van der Waals surface area (Å²) < 4.78 is 44.2. The van der Waals surface area contributed by atoms with Crippen molar-refractivity contribution in [2.75, 3.05) is 11.6 Å². The third kappa shape index (κ3) is 4.02. The van der Waals surface area contributed by atoms with E-state index < -0.39 is 30.5 Å². The number of nitrogens with two attached hydrogens (primary N) is 1. The second-order valence-corrected chi connectivity index (χ2v) is 9.88. The minimum absolute atomic E-state index is 0.136. The van der Waals surface area contributed by atoms with Gasteiger partial charge in [0.15, 0.2) is 9.84 Å². The van der Waals surface area contributed by atoms with Gasteiger partial charge in [-0.05, 0) is 48.0 Å². The van der Waals surface area contributed by atoms with Crippen molar-refractivity contribution in [1.29, 1.82) is 0 Å². The van der Waals surface area contributed by atoms with Crippen LogP contribution >= 0.6 is 15.9 Å². The van der Waals surface area contributed by atoms with E-state index in [2.05, 4.69) is 21.2 Å². The third-order valence-corrected chi connectivity index (χ3v) is 6.90. The van der Waals surface area contributed by atoms with Crippen LogP contribution in [-0.2, 0) is 24.7 Å². The standard InChI is InChI=1S/C11H15BrN2O5S2/c1-11(2,20(3,16)17)10(15)14-7-4-5-9(8(12)6-7)21(13,18)19/h4-6H,1-3H3,(H,14,15)(H2,13,18,19). The molecule has 21 heavy (non-hydrogen) atoms. The molecule has 10 heteroatoms. The van der Waals surface area contributed by atoms with Gasteiger partial charge in [0, 0.05) is 16.4 Å². The molecular weight excluding hydrogens is 384 g/mol. The first-order valence-corrected chi connectivity index (χ1v) is 9.83.